The molecule has 0 aliphatic rings. The standard InChI is InChI=1S/C14H20ClNO2/c1-10(2)16(7-6-14(17)18)9-12-5-4-11(3)8-13(12)15/h4-5,8,10H,6-7,9H2,1-3H3,(H,17,18). The molecule has 0 aromatic heterocycles. The van der Waals surface area contributed by atoms with Crippen LogP contribution in [0.3, 0.4) is 0 Å². The fourth-order valence-electron chi connectivity index (χ4n) is 1.76. The van der Waals surface area contributed by atoms with Crippen LogP contribution in [0.15, 0.2) is 18.2 Å². The molecule has 1 aromatic carbocycles. The van der Waals surface area contributed by atoms with E-state index in [-0.39, 0.29) is 6.42 Å². The number of rotatable bonds is 6. The zero-order valence-electron chi connectivity index (χ0n) is 11.1. The van der Waals surface area contributed by atoms with Gasteiger partial charge >= 0.3 is 5.97 Å². The zero-order chi connectivity index (χ0) is 13.7. The van der Waals surface area contributed by atoms with Gasteiger partial charge in [-0.1, -0.05) is 23.7 Å². The Balaban J connectivity index is 2.73. The lowest BCUT2D eigenvalue weighted by Gasteiger charge is -2.26. The van der Waals surface area contributed by atoms with E-state index in [1.165, 1.54) is 0 Å². The van der Waals surface area contributed by atoms with Crippen molar-refractivity contribution in [2.75, 3.05) is 6.54 Å². The van der Waals surface area contributed by atoms with Gasteiger partial charge in [-0.25, -0.2) is 0 Å². The van der Waals surface area contributed by atoms with Crippen LogP contribution >= 0.6 is 11.6 Å². The predicted octanol–water partition coefficient (Wildman–Crippen LogP) is 3.33. The van der Waals surface area contributed by atoms with Crippen molar-refractivity contribution in [3.8, 4) is 0 Å². The minimum Gasteiger partial charge on any atom is -0.481 e. The number of hydrogen-bond acceptors (Lipinski definition) is 2. The summed E-state index contributed by atoms with van der Waals surface area (Å²) in [5, 5.41) is 9.49. The molecule has 3 nitrogen and oxygen atoms in total. The van der Waals surface area contributed by atoms with Gasteiger partial charge in [-0.2, -0.15) is 0 Å². The average Bonchev–Trinajstić information content (AvgIpc) is 2.26. The second-order valence-electron chi connectivity index (χ2n) is 4.80. The molecule has 0 radical (unpaired) electrons. The molecule has 0 aliphatic heterocycles. The minimum absolute atomic E-state index is 0.154. The molecule has 0 aliphatic carbocycles. The summed E-state index contributed by atoms with van der Waals surface area (Å²) in [6.07, 6.45) is 0.154. The molecule has 0 unspecified atom stereocenters. The van der Waals surface area contributed by atoms with E-state index >= 15 is 0 Å². The molecule has 0 heterocycles. The van der Waals surface area contributed by atoms with Crippen molar-refractivity contribution in [1.29, 1.82) is 0 Å². The summed E-state index contributed by atoms with van der Waals surface area (Å²) in [5.41, 5.74) is 2.17. The van der Waals surface area contributed by atoms with E-state index in [9.17, 15) is 4.79 Å². The van der Waals surface area contributed by atoms with Crippen molar-refractivity contribution in [3.63, 3.8) is 0 Å². The molecule has 1 aromatic rings. The van der Waals surface area contributed by atoms with Gasteiger partial charge in [-0.05, 0) is 38.0 Å². The van der Waals surface area contributed by atoms with Crippen LogP contribution in [0.2, 0.25) is 5.02 Å². The molecule has 1 N–H and O–H groups in total. The third kappa shape index (κ3) is 4.67. The largest absolute Gasteiger partial charge is 0.481 e. The third-order valence-electron chi connectivity index (χ3n) is 2.93. The Hall–Kier alpha value is -1.06. The first-order valence-electron chi connectivity index (χ1n) is 6.11. The van der Waals surface area contributed by atoms with Gasteiger partial charge < -0.3 is 5.11 Å². The van der Waals surface area contributed by atoms with Crippen LogP contribution in [-0.4, -0.2) is 28.6 Å². The Labute approximate surface area is 113 Å². The van der Waals surface area contributed by atoms with Gasteiger partial charge in [-0.15, -0.1) is 0 Å². The molecule has 0 saturated carbocycles. The van der Waals surface area contributed by atoms with Crippen molar-refractivity contribution in [1.82, 2.24) is 4.90 Å². The Kier molecular flexibility index (Phi) is 5.63. The molecule has 4 heteroatoms. The maximum Gasteiger partial charge on any atom is 0.304 e. The first kappa shape index (κ1) is 15.0. The van der Waals surface area contributed by atoms with Crippen molar-refractivity contribution in [3.05, 3.63) is 34.3 Å². The van der Waals surface area contributed by atoms with Gasteiger partial charge in [0.15, 0.2) is 0 Å². The summed E-state index contributed by atoms with van der Waals surface area (Å²) in [7, 11) is 0. The van der Waals surface area contributed by atoms with E-state index in [1.807, 2.05) is 25.1 Å². The number of hydrogen-bond donors (Lipinski definition) is 1. The highest BCUT2D eigenvalue weighted by Crippen LogP contribution is 2.20. The monoisotopic (exact) mass is 269 g/mol. The normalized spacial score (nSPS) is 11.2. The number of carboxylic acids is 1. The van der Waals surface area contributed by atoms with E-state index < -0.39 is 5.97 Å². The maximum atomic E-state index is 10.6. The Morgan fingerprint density at radius 3 is 2.61 bits per heavy atom. The van der Waals surface area contributed by atoms with Gasteiger partial charge in [0.1, 0.15) is 0 Å². The van der Waals surface area contributed by atoms with Crippen molar-refractivity contribution in [2.45, 2.75) is 39.8 Å². The highest BCUT2D eigenvalue weighted by Gasteiger charge is 2.13. The molecule has 0 amide bonds. The quantitative estimate of drug-likeness (QED) is 0.861. The Bertz CT molecular complexity index is 418. The fourth-order valence-corrected chi connectivity index (χ4v) is 2.05. The lowest BCUT2D eigenvalue weighted by molar-refractivity contribution is -0.137. The number of aryl methyl sites for hydroxylation is 1. The minimum atomic E-state index is -0.768. The lowest BCUT2D eigenvalue weighted by Crippen LogP contribution is -2.32. The van der Waals surface area contributed by atoms with Crippen LogP contribution in [0.25, 0.3) is 0 Å². The van der Waals surface area contributed by atoms with Crippen LogP contribution in [0, 0.1) is 6.92 Å². The number of benzene rings is 1. The SMILES string of the molecule is Cc1ccc(CN(CCC(=O)O)C(C)C)c(Cl)c1. The first-order chi connectivity index (χ1) is 8.40. The summed E-state index contributed by atoms with van der Waals surface area (Å²) < 4.78 is 0. The molecule has 1 rings (SSSR count). The highest BCUT2D eigenvalue weighted by molar-refractivity contribution is 6.31. The molecule has 0 atom stereocenters. The predicted molar refractivity (Wildman–Crippen MR) is 74.0 cm³/mol. The molecule has 18 heavy (non-hydrogen) atoms. The summed E-state index contributed by atoms with van der Waals surface area (Å²) in [5.74, 6) is -0.768. The van der Waals surface area contributed by atoms with Crippen molar-refractivity contribution >= 4 is 17.6 Å². The number of carbonyl (C=O) groups is 1. The second-order valence-corrected chi connectivity index (χ2v) is 5.21. The van der Waals surface area contributed by atoms with Crippen molar-refractivity contribution in [2.24, 2.45) is 0 Å². The van der Waals surface area contributed by atoms with Gasteiger partial charge in [0.05, 0.1) is 6.42 Å². The third-order valence-corrected chi connectivity index (χ3v) is 3.28. The van der Waals surface area contributed by atoms with E-state index in [0.717, 1.165) is 16.1 Å². The molecule has 0 fully saturated rings. The smallest absolute Gasteiger partial charge is 0.304 e. The topological polar surface area (TPSA) is 40.5 Å². The van der Waals surface area contributed by atoms with Crippen LogP contribution in [-0.2, 0) is 11.3 Å². The molecule has 100 valence electrons. The summed E-state index contributed by atoms with van der Waals surface area (Å²) in [6.45, 7) is 7.34. The van der Waals surface area contributed by atoms with Gasteiger partial charge in [0, 0.05) is 24.2 Å². The summed E-state index contributed by atoms with van der Waals surface area (Å²) >= 11 is 6.20. The molecular weight excluding hydrogens is 250 g/mol. The fraction of sp³-hybridized carbons (Fsp3) is 0.500. The van der Waals surface area contributed by atoms with Gasteiger partial charge in [-0.3, -0.25) is 9.69 Å². The van der Waals surface area contributed by atoms with Gasteiger partial charge in [0.2, 0.25) is 0 Å². The van der Waals surface area contributed by atoms with E-state index in [1.54, 1.807) is 0 Å². The van der Waals surface area contributed by atoms with Gasteiger partial charge in [0.25, 0.3) is 0 Å². The zero-order valence-corrected chi connectivity index (χ0v) is 11.9. The van der Waals surface area contributed by atoms with Crippen molar-refractivity contribution < 1.29 is 9.90 Å². The lowest BCUT2D eigenvalue weighted by atomic mass is 10.1. The summed E-state index contributed by atoms with van der Waals surface area (Å²) in [4.78, 5) is 12.8. The number of aliphatic carboxylic acids is 1. The molecule has 0 spiro atoms. The van der Waals surface area contributed by atoms with Crippen LogP contribution in [0.1, 0.15) is 31.4 Å². The molecule has 0 bridgehead atoms. The maximum absolute atomic E-state index is 10.6. The Morgan fingerprint density at radius 1 is 1.44 bits per heavy atom. The summed E-state index contributed by atoms with van der Waals surface area (Å²) in [6, 6.07) is 6.26. The van der Waals surface area contributed by atoms with Crippen LogP contribution < -0.4 is 0 Å². The molecule has 0 saturated heterocycles. The first-order valence-corrected chi connectivity index (χ1v) is 6.49. The second kappa shape index (κ2) is 6.76. The Morgan fingerprint density at radius 2 is 2.11 bits per heavy atom. The van der Waals surface area contributed by atoms with Crippen LogP contribution in [0.5, 0.6) is 0 Å². The van der Waals surface area contributed by atoms with E-state index in [0.29, 0.717) is 19.1 Å². The van der Waals surface area contributed by atoms with Crippen LogP contribution in [0.4, 0.5) is 0 Å². The number of carboxylic acid groups (broad SMARTS) is 1. The molecular formula is C14H20ClNO2. The van der Waals surface area contributed by atoms with E-state index in [2.05, 4.69) is 18.7 Å². The highest BCUT2D eigenvalue weighted by atomic mass is 35.5. The average molecular weight is 270 g/mol. The van der Waals surface area contributed by atoms with E-state index in [4.69, 9.17) is 16.7 Å². The number of nitrogens with zero attached hydrogens (tertiary/aromatic N) is 1. The number of halogens is 1.